The number of benzene rings is 1. The molecule has 1 fully saturated rings. The van der Waals surface area contributed by atoms with E-state index < -0.39 is 0 Å². The smallest absolute Gasteiger partial charge is 0.118 e. The molecule has 0 bridgehead atoms. The van der Waals surface area contributed by atoms with Gasteiger partial charge in [0.25, 0.3) is 0 Å². The number of methoxy groups -OCH3 is 1. The second kappa shape index (κ2) is 5.75. The van der Waals surface area contributed by atoms with Gasteiger partial charge in [-0.3, -0.25) is 0 Å². The van der Waals surface area contributed by atoms with Gasteiger partial charge in [0, 0.05) is 5.54 Å². The molecule has 1 aromatic rings. The normalized spacial score (nSPS) is 28.1. The number of hydrogen-bond acceptors (Lipinski definition) is 2. The van der Waals surface area contributed by atoms with E-state index in [-0.39, 0.29) is 5.54 Å². The molecule has 18 heavy (non-hydrogen) atoms. The first kappa shape index (κ1) is 13.4. The number of nitrogens with two attached hydrogens (primary N) is 1. The third-order valence-electron chi connectivity index (χ3n) is 4.36. The molecule has 2 rings (SSSR count). The maximum absolute atomic E-state index is 6.59. The van der Waals surface area contributed by atoms with Gasteiger partial charge in [0.05, 0.1) is 7.11 Å². The summed E-state index contributed by atoms with van der Waals surface area (Å²) in [5.41, 5.74) is 7.74. The lowest BCUT2D eigenvalue weighted by Crippen LogP contribution is -2.40. The molecule has 0 heterocycles. The van der Waals surface area contributed by atoms with Crippen LogP contribution in [0.3, 0.4) is 0 Å². The van der Waals surface area contributed by atoms with E-state index in [0.717, 1.165) is 24.5 Å². The van der Waals surface area contributed by atoms with E-state index in [1.165, 1.54) is 31.2 Å². The molecule has 0 aromatic heterocycles. The van der Waals surface area contributed by atoms with E-state index in [1.807, 2.05) is 12.1 Å². The topological polar surface area (TPSA) is 35.2 Å². The Balaban J connectivity index is 2.03. The highest BCUT2D eigenvalue weighted by Crippen LogP contribution is 2.39. The van der Waals surface area contributed by atoms with E-state index in [1.54, 1.807) is 7.11 Å². The van der Waals surface area contributed by atoms with E-state index >= 15 is 0 Å². The fourth-order valence-corrected chi connectivity index (χ4v) is 3.10. The summed E-state index contributed by atoms with van der Waals surface area (Å²) in [6.07, 6.45) is 7.43. The SMILES string of the molecule is CCCC1CCC(N)(c2ccc(OC)cc2)CC1. The van der Waals surface area contributed by atoms with Crippen molar-refractivity contribution in [2.75, 3.05) is 7.11 Å². The van der Waals surface area contributed by atoms with Crippen LogP contribution in [0.25, 0.3) is 0 Å². The van der Waals surface area contributed by atoms with Crippen molar-refractivity contribution in [2.24, 2.45) is 11.7 Å². The van der Waals surface area contributed by atoms with Crippen LogP contribution in [0, 0.1) is 5.92 Å². The predicted octanol–water partition coefficient (Wildman–Crippen LogP) is 3.84. The molecule has 1 saturated carbocycles. The van der Waals surface area contributed by atoms with Crippen LogP contribution in [-0.4, -0.2) is 7.11 Å². The fraction of sp³-hybridized carbons (Fsp3) is 0.625. The molecule has 0 spiro atoms. The van der Waals surface area contributed by atoms with E-state index in [4.69, 9.17) is 10.5 Å². The lowest BCUT2D eigenvalue weighted by atomic mass is 9.72. The van der Waals surface area contributed by atoms with Gasteiger partial charge in [-0.1, -0.05) is 31.9 Å². The van der Waals surface area contributed by atoms with Crippen LogP contribution in [0.2, 0.25) is 0 Å². The molecule has 1 aromatic carbocycles. The van der Waals surface area contributed by atoms with Crippen LogP contribution in [0.5, 0.6) is 5.75 Å². The van der Waals surface area contributed by atoms with Crippen molar-refractivity contribution in [2.45, 2.75) is 51.0 Å². The molecule has 0 unspecified atom stereocenters. The molecular formula is C16H25NO. The Morgan fingerprint density at radius 2 is 1.83 bits per heavy atom. The van der Waals surface area contributed by atoms with Crippen LogP contribution >= 0.6 is 0 Å². The van der Waals surface area contributed by atoms with Crippen molar-refractivity contribution in [3.63, 3.8) is 0 Å². The average Bonchev–Trinajstić information content (AvgIpc) is 2.42. The summed E-state index contributed by atoms with van der Waals surface area (Å²) in [5.74, 6) is 1.80. The van der Waals surface area contributed by atoms with Crippen molar-refractivity contribution >= 4 is 0 Å². The first-order valence-corrected chi connectivity index (χ1v) is 7.11. The monoisotopic (exact) mass is 247 g/mol. The summed E-state index contributed by atoms with van der Waals surface area (Å²) < 4.78 is 5.20. The molecular weight excluding hydrogens is 222 g/mol. The van der Waals surface area contributed by atoms with Crippen molar-refractivity contribution < 1.29 is 4.74 Å². The lowest BCUT2D eigenvalue weighted by Gasteiger charge is -2.37. The van der Waals surface area contributed by atoms with Gasteiger partial charge in [0.2, 0.25) is 0 Å². The van der Waals surface area contributed by atoms with Crippen LogP contribution in [0.1, 0.15) is 51.0 Å². The van der Waals surface area contributed by atoms with Crippen LogP contribution in [0.4, 0.5) is 0 Å². The Labute approximate surface area is 111 Å². The highest BCUT2D eigenvalue weighted by molar-refractivity contribution is 5.32. The molecule has 0 aliphatic heterocycles. The van der Waals surface area contributed by atoms with Gasteiger partial charge < -0.3 is 10.5 Å². The molecule has 0 radical (unpaired) electrons. The van der Waals surface area contributed by atoms with Crippen molar-refractivity contribution in [1.82, 2.24) is 0 Å². The molecule has 1 aliphatic rings. The first-order valence-electron chi connectivity index (χ1n) is 7.11. The number of ether oxygens (including phenoxy) is 1. The third kappa shape index (κ3) is 2.86. The van der Waals surface area contributed by atoms with E-state index in [2.05, 4.69) is 19.1 Å². The Kier molecular flexibility index (Phi) is 4.28. The quantitative estimate of drug-likeness (QED) is 0.877. The third-order valence-corrected chi connectivity index (χ3v) is 4.36. The predicted molar refractivity (Wildman–Crippen MR) is 75.7 cm³/mol. The molecule has 1 aliphatic carbocycles. The molecule has 100 valence electrons. The molecule has 2 nitrogen and oxygen atoms in total. The molecule has 2 heteroatoms. The van der Waals surface area contributed by atoms with Crippen molar-refractivity contribution in [3.8, 4) is 5.75 Å². The molecule has 0 amide bonds. The van der Waals surface area contributed by atoms with Crippen LogP contribution in [-0.2, 0) is 5.54 Å². The minimum atomic E-state index is -0.115. The van der Waals surface area contributed by atoms with Gasteiger partial charge in [-0.2, -0.15) is 0 Å². The zero-order valence-electron chi connectivity index (χ0n) is 11.6. The summed E-state index contributed by atoms with van der Waals surface area (Å²) in [4.78, 5) is 0. The van der Waals surface area contributed by atoms with Gasteiger partial charge in [0.1, 0.15) is 5.75 Å². The van der Waals surface area contributed by atoms with Gasteiger partial charge in [-0.15, -0.1) is 0 Å². The van der Waals surface area contributed by atoms with E-state index in [0.29, 0.717) is 0 Å². The summed E-state index contributed by atoms with van der Waals surface area (Å²) in [6, 6.07) is 8.28. The molecule has 0 atom stereocenters. The summed E-state index contributed by atoms with van der Waals surface area (Å²) in [7, 11) is 1.70. The first-order chi connectivity index (χ1) is 8.68. The Bertz CT molecular complexity index is 363. The summed E-state index contributed by atoms with van der Waals surface area (Å²) >= 11 is 0. The Morgan fingerprint density at radius 3 is 2.33 bits per heavy atom. The Hall–Kier alpha value is -1.02. The maximum Gasteiger partial charge on any atom is 0.118 e. The standard InChI is InChI=1S/C16H25NO/c1-3-4-13-9-11-16(17,12-10-13)14-5-7-15(18-2)8-6-14/h5-8,13H,3-4,9-12,17H2,1-2H3. The largest absolute Gasteiger partial charge is 0.497 e. The zero-order chi connectivity index (χ0) is 13.0. The number of hydrogen-bond donors (Lipinski definition) is 1. The molecule has 2 N–H and O–H groups in total. The minimum Gasteiger partial charge on any atom is -0.497 e. The summed E-state index contributed by atoms with van der Waals surface area (Å²) in [5, 5.41) is 0. The minimum absolute atomic E-state index is 0.115. The second-order valence-corrected chi connectivity index (χ2v) is 5.62. The van der Waals surface area contributed by atoms with Crippen LogP contribution in [0.15, 0.2) is 24.3 Å². The zero-order valence-corrected chi connectivity index (χ0v) is 11.6. The van der Waals surface area contributed by atoms with Gasteiger partial charge in [-0.25, -0.2) is 0 Å². The van der Waals surface area contributed by atoms with Crippen molar-refractivity contribution in [1.29, 1.82) is 0 Å². The molecule has 0 saturated heterocycles. The Morgan fingerprint density at radius 1 is 1.22 bits per heavy atom. The van der Waals surface area contributed by atoms with Gasteiger partial charge in [0.15, 0.2) is 0 Å². The summed E-state index contributed by atoms with van der Waals surface area (Å²) in [6.45, 7) is 2.27. The van der Waals surface area contributed by atoms with Crippen molar-refractivity contribution in [3.05, 3.63) is 29.8 Å². The lowest BCUT2D eigenvalue weighted by molar-refractivity contribution is 0.226. The van der Waals surface area contributed by atoms with E-state index in [9.17, 15) is 0 Å². The average molecular weight is 247 g/mol. The van der Waals surface area contributed by atoms with Crippen LogP contribution < -0.4 is 10.5 Å². The second-order valence-electron chi connectivity index (χ2n) is 5.62. The maximum atomic E-state index is 6.59. The fourth-order valence-electron chi connectivity index (χ4n) is 3.10. The highest BCUT2D eigenvalue weighted by Gasteiger charge is 2.32. The highest BCUT2D eigenvalue weighted by atomic mass is 16.5. The van der Waals surface area contributed by atoms with Gasteiger partial charge in [-0.05, 0) is 49.3 Å². The number of rotatable bonds is 4. The van der Waals surface area contributed by atoms with Gasteiger partial charge >= 0.3 is 0 Å².